The Labute approximate surface area is 98.6 Å². The summed E-state index contributed by atoms with van der Waals surface area (Å²) in [7, 11) is 0. The van der Waals surface area contributed by atoms with Crippen molar-refractivity contribution in [3.05, 3.63) is 33.9 Å². The largest absolute Gasteiger partial charge is 0.396 e. The van der Waals surface area contributed by atoms with E-state index < -0.39 is 0 Å². The van der Waals surface area contributed by atoms with Crippen LogP contribution in [0, 0.1) is 13.8 Å². The molecule has 0 radical (unpaired) electrons. The minimum absolute atomic E-state index is 0.666. The molecular weight excluding hydrogens is 220 g/mol. The number of nitrogen functional groups attached to an aromatic ring is 1. The molecule has 2 rings (SSSR count). The number of nitrogens with zero attached hydrogens (tertiary/aromatic N) is 2. The molecule has 0 atom stereocenters. The molecule has 0 aliphatic carbocycles. The summed E-state index contributed by atoms with van der Waals surface area (Å²) in [6, 6.07) is 1.90. The third kappa shape index (κ3) is 2.30. The van der Waals surface area contributed by atoms with Gasteiger partial charge in [0, 0.05) is 17.3 Å². The first kappa shape index (κ1) is 10.9. The average molecular weight is 234 g/mol. The standard InChI is InChI=1S/C11H14N4S/c1-7-3-4-13-11(10(7)12)14-5-9-15-8(2)6-16-9/h3-4,6H,5,12H2,1-2H3,(H,13,14). The fourth-order valence-electron chi connectivity index (χ4n) is 1.35. The monoisotopic (exact) mass is 234 g/mol. The van der Waals surface area contributed by atoms with Gasteiger partial charge in [0.1, 0.15) is 10.8 Å². The number of hydrogen-bond donors (Lipinski definition) is 2. The van der Waals surface area contributed by atoms with E-state index in [9.17, 15) is 0 Å². The molecule has 0 aliphatic rings. The van der Waals surface area contributed by atoms with Gasteiger partial charge in [-0.25, -0.2) is 9.97 Å². The van der Waals surface area contributed by atoms with Crippen molar-refractivity contribution in [3.8, 4) is 0 Å². The molecule has 0 aliphatic heterocycles. The number of aromatic nitrogens is 2. The predicted octanol–water partition coefficient (Wildman–Crippen LogP) is 2.35. The highest BCUT2D eigenvalue weighted by Crippen LogP contribution is 2.20. The summed E-state index contributed by atoms with van der Waals surface area (Å²) >= 11 is 1.64. The minimum atomic E-state index is 0.666. The van der Waals surface area contributed by atoms with Gasteiger partial charge in [-0.1, -0.05) is 0 Å². The summed E-state index contributed by atoms with van der Waals surface area (Å²) in [6.45, 7) is 4.62. The molecule has 0 bridgehead atoms. The minimum Gasteiger partial charge on any atom is -0.396 e. The number of hydrogen-bond acceptors (Lipinski definition) is 5. The van der Waals surface area contributed by atoms with Crippen LogP contribution in [0.2, 0.25) is 0 Å². The highest BCUT2D eigenvalue weighted by molar-refractivity contribution is 7.09. The molecule has 0 spiro atoms. The predicted molar refractivity (Wildman–Crippen MR) is 67.6 cm³/mol. The topological polar surface area (TPSA) is 63.8 Å². The lowest BCUT2D eigenvalue weighted by Crippen LogP contribution is -2.05. The van der Waals surface area contributed by atoms with Gasteiger partial charge < -0.3 is 11.1 Å². The van der Waals surface area contributed by atoms with E-state index >= 15 is 0 Å². The van der Waals surface area contributed by atoms with Gasteiger partial charge in [-0.3, -0.25) is 0 Å². The Morgan fingerprint density at radius 3 is 2.94 bits per heavy atom. The van der Waals surface area contributed by atoms with Gasteiger partial charge in [-0.05, 0) is 25.5 Å². The van der Waals surface area contributed by atoms with Crippen molar-refractivity contribution < 1.29 is 0 Å². The van der Waals surface area contributed by atoms with Crippen LogP contribution in [0.3, 0.4) is 0 Å². The molecule has 16 heavy (non-hydrogen) atoms. The number of thiazole rings is 1. The number of pyridine rings is 1. The molecule has 2 heterocycles. The van der Waals surface area contributed by atoms with Crippen LogP contribution in [0.1, 0.15) is 16.3 Å². The SMILES string of the molecule is Cc1csc(CNc2nccc(C)c2N)n1. The molecule has 0 unspecified atom stereocenters. The molecular formula is C11H14N4S. The molecule has 4 nitrogen and oxygen atoms in total. The second-order valence-corrected chi connectivity index (χ2v) is 4.57. The lowest BCUT2D eigenvalue weighted by Gasteiger charge is -2.08. The average Bonchev–Trinajstić information content (AvgIpc) is 2.67. The van der Waals surface area contributed by atoms with E-state index in [1.54, 1.807) is 17.5 Å². The third-order valence-corrected chi connectivity index (χ3v) is 3.25. The summed E-state index contributed by atoms with van der Waals surface area (Å²) in [6.07, 6.45) is 1.75. The Morgan fingerprint density at radius 2 is 2.25 bits per heavy atom. The summed E-state index contributed by atoms with van der Waals surface area (Å²) in [5.74, 6) is 0.729. The first-order valence-corrected chi connectivity index (χ1v) is 5.90. The zero-order valence-corrected chi connectivity index (χ0v) is 10.1. The van der Waals surface area contributed by atoms with Gasteiger partial charge >= 0.3 is 0 Å². The van der Waals surface area contributed by atoms with E-state index in [-0.39, 0.29) is 0 Å². The molecule has 2 aromatic rings. The zero-order chi connectivity index (χ0) is 11.5. The van der Waals surface area contributed by atoms with Crippen molar-refractivity contribution in [2.75, 3.05) is 11.1 Å². The summed E-state index contributed by atoms with van der Waals surface area (Å²) in [5.41, 5.74) is 8.70. The van der Waals surface area contributed by atoms with Crippen molar-refractivity contribution in [2.24, 2.45) is 0 Å². The highest BCUT2D eigenvalue weighted by Gasteiger charge is 2.04. The molecule has 0 saturated heterocycles. The maximum Gasteiger partial charge on any atom is 0.149 e. The fraction of sp³-hybridized carbons (Fsp3) is 0.273. The maximum absolute atomic E-state index is 5.91. The van der Waals surface area contributed by atoms with Gasteiger partial charge in [0.05, 0.1) is 12.2 Å². The normalized spacial score (nSPS) is 10.4. The van der Waals surface area contributed by atoms with Gasteiger partial charge in [0.2, 0.25) is 0 Å². The van der Waals surface area contributed by atoms with Gasteiger partial charge in [0.25, 0.3) is 0 Å². The number of nitrogens with one attached hydrogen (secondary N) is 1. The quantitative estimate of drug-likeness (QED) is 0.855. The van der Waals surface area contributed by atoms with E-state index in [1.165, 1.54) is 0 Å². The smallest absolute Gasteiger partial charge is 0.149 e. The Hall–Kier alpha value is -1.62. The van der Waals surface area contributed by atoms with Crippen LogP contribution >= 0.6 is 11.3 Å². The van der Waals surface area contributed by atoms with Gasteiger partial charge in [-0.2, -0.15) is 0 Å². The number of anilines is 2. The van der Waals surface area contributed by atoms with E-state index in [0.29, 0.717) is 12.2 Å². The van der Waals surface area contributed by atoms with Crippen LogP contribution in [0.25, 0.3) is 0 Å². The summed E-state index contributed by atoms with van der Waals surface area (Å²) in [5, 5.41) is 6.27. The van der Waals surface area contributed by atoms with E-state index in [0.717, 1.165) is 22.1 Å². The molecule has 5 heteroatoms. The van der Waals surface area contributed by atoms with Gasteiger partial charge in [0.15, 0.2) is 0 Å². The third-order valence-electron chi connectivity index (χ3n) is 2.28. The zero-order valence-electron chi connectivity index (χ0n) is 9.32. The van der Waals surface area contributed by atoms with E-state index in [1.807, 2.05) is 25.3 Å². The number of nitrogens with two attached hydrogens (primary N) is 1. The molecule has 0 fully saturated rings. The van der Waals surface area contributed by atoms with Crippen molar-refractivity contribution in [1.82, 2.24) is 9.97 Å². The highest BCUT2D eigenvalue weighted by atomic mass is 32.1. The van der Waals surface area contributed by atoms with Crippen LogP contribution in [0.4, 0.5) is 11.5 Å². The molecule has 0 aromatic carbocycles. The Morgan fingerprint density at radius 1 is 1.44 bits per heavy atom. The summed E-state index contributed by atoms with van der Waals surface area (Å²) < 4.78 is 0. The summed E-state index contributed by atoms with van der Waals surface area (Å²) in [4.78, 5) is 8.57. The van der Waals surface area contributed by atoms with Crippen molar-refractivity contribution >= 4 is 22.8 Å². The van der Waals surface area contributed by atoms with Crippen LogP contribution in [0.15, 0.2) is 17.6 Å². The van der Waals surface area contributed by atoms with Crippen molar-refractivity contribution in [3.63, 3.8) is 0 Å². The maximum atomic E-state index is 5.91. The lowest BCUT2D eigenvalue weighted by atomic mass is 10.2. The number of aryl methyl sites for hydroxylation is 2. The second kappa shape index (κ2) is 4.49. The molecule has 0 saturated carbocycles. The Kier molecular flexibility index (Phi) is 3.05. The lowest BCUT2D eigenvalue weighted by molar-refractivity contribution is 1.06. The van der Waals surface area contributed by atoms with Crippen molar-refractivity contribution in [1.29, 1.82) is 0 Å². The van der Waals surface area contributed by atoms with Crippen LogP contribution in [-0.2, 0) is 6.54 Å². The number of rotatable bonds is 3. The Balaban J connectivity index is 2.07. The fourth-order valence-corrected chi connectivity index (χ4v) is 2.07. The van der Waals surface area contributed by atoms with Crippen LogP contribution in [-0.4, -0.2) is 9.97 Å². The van der Waals surface area contributed by atoms with Crippen LogP contribution < -0.4 is 11.1 Å². The first-order chi connectivity index (χ1) is 7.66. The van der Waals surface area contributed by atoms with E-state index in [4.69, 9.17) is 5.73 Å². The van der Waals surface area contributed by atoms with Crippen LogP contribution in [0.5, 0.6) is 0 Å². The first-order valence-electron chi connectivity index (χ1n) is 5.03. The molecule has 0 amide bonds. The van der Waals surface area contributed by atoms with Crippen molar-refractivity contribution in [2.45, 2.75) is 20.4 Å². The second-order valence-electron chi connectivity index (χ2n) is 3.63. The van der Waals surface area contributed by atoms with Gasteiger partial charge in [-0.15, -0.1) is 11.3 Å². The molecule has 3 N–H and O–H groups in total. The molecule has 84 valence electrons. The Bertz CT molecular complexity index is 492. The van der Waals surface area contributed by atoms with E-state index in [2.05, 4.69) is 15.3 Å². The molecule has 2 aromatic heterocycles.